The molecule has 1 amide bonds. The van der Waals surface area contributed by atoms with Gasteiger partial charge in [0.25, 0.3) is 5.56 Å². The number of ether oxygens (including phenoxy) is 1. The molecule has 1 heterocycles. The van der Waals surface area contributed by atoms with E-state index in [0.29, 0.717) is 40.5 Å². The van der Waals surface area contributed by atoms with Gasteiger partial charge in [0, 0.05) is 12.8 Å². The predicted molar refractivity (Wildman–Crippen MR) is 113 cm³/mol. The Hall–Kier alpha value is -3.15. The maximum atomic E-state index is 12.9. The van der Waals surface area contributed by atoms with Gasteiger partial charge in [0.05, 0.1) is 40.9 Å². The zero-order valence-electron chi connectivity index (χ0n) is 16.1. The Balaban J connectivity index is 1.84. The topological polar surface area (TPSA) is 97.0 Å². The number of nitrogens with zero attached hydrogens (tertiary/aromatic N) is 3. The van der Waals surface area contributed by atoms with Crippen LogP contribution in [0.25, 0.3) is 10.9 Å². The second-order valence-electron chi connectivity index (χ2n) is 6.30. The van der Waals surface area contributed by atoms with E-state index in [1.807, 2.05) is 12.1 Å². The highest BCUT2D eigenvalue weighted by molar-refractivity contribution is 8.00. The van der Waals surface area contributed by atoms with E-state index in [0.717, 1.165) is 0 Å². The fourth-order valence-electron chi connectivity index (χ4n) is 2.70. The molecule has 1 atom stereocenters. The van der Waals surface area contributed by atoms with Crippen molar-refractivity contribution in [2.75, 3.05) is 19.0 Å². The second kappa shape index (κ2) is 9.37. The molecule has 148 valence electrons. The summed E-state index contributed by atoms with van der Waals surface area (Å²) in [4.78, 5) is 30.1. The van der Waals surface area contributed by atoms with Crippen LogP contribution in [0, 0.1) is 11.3 Å². The molecular formula is C21H20N4O3S. The Bertz CT molecular complexity index is 1120. The van der Waals surface area contributed by atoms with Gasteiger partial charge in [0.2, 0.25) is 5.91 Å². The number of rotatable bonds is 7. The Morgan fingerprint density at radius 2 is 2.00 bits per heavy atom. The monoisotopic (exact) mass is 408 g/mol. The van der Waals surface area contributed by atoms with Crippen molar-refractivity contribution in [3.8, 4) is 6.07 Å². The van der Waals surface area contributed by atoms with Gasteiger partial charge in [-0.25, -0.2) is 4.98 Å². The van der Waals surface area contributed by atoms with Gasteiger partial charge in [-0.1, -0.05) is 23.9 Å². The van der Waals surface area contributed by atoms with E-state index < -0.39 is 5.25 Å². The Kier molecular flexibility index (Phi) is 6.65. The van der Waals surface area contributed by atoms with E-state index in [9.17, 15) is 9.59 Å². The number of nitrogens with one attached hydrogen (secondary N) is 1. The standard InChI is InChI=1S/C21H20N4O3S/c1-14(19(26)23-16-9-7-15(13-22)8-10-16)29-21-24-18-6-4-3-5-17(18)20(27)25(21)11-12-28-2/h3-10,14H,11-12H2,1-2H3,(H,23,26)/t14-/m1/s1. The number of benzene rings is 2. The minimum absolute atomic E-state index is 0.158. The summed E-state index contributed by atoms with van der Waals surface area (Å²) in [5.41, 5.74) is 1.56. The summed E-state index contributed by atoms with van der Waals surface area (Å²) in [7, 11) is 1.57. The van der Waals surface area contributed by atoms with Crippen molar-refractivity contribution in [1.29, 1.82) is 5.26 Å². The average molecular weight is 408 g/mol. The lowest BCUT2D eigenvalue weighted by Gasteiger charge is -2.16. The van der Waals surface area contributed by atoms with Crippen molar-refractivity contribution in [3.05, 3.63) is 64.4 Å². The molecule has 0 fully saturated rings. The fourth-order valence-corrected chi connectivity index (χ4v) is 3.64. The first-order valence-electron chi connectivity index (χ1n) is 8.99. The van der Waals surface area contributed by atoms with Gasteiger partial charge < -0.3 is 10.1 Å². The number of carbonyl (C=O) groups is 1. The molecule has 0 radical (unpaired) electrons. The van der Waals surface area contributed by atoms with Gasteiger partial charge >= 0.3 is 0 Å². The Labute approximate surface area is 172 Å². The number of hydrogen-bond donors (Lipinski definition) is 1. The molecule has 0 unspecified atom stereocenters. The van der Waals surface area contributed by atoms with Crippen molar-refractivity contribution in [2.45, 2.75) is 23.9 Å². The van der Waals surface area contributed by atoms with E-state index in [1.165, 1.54) is 11.8 Å². The third-order valence-corrected chi connectivity index (χ3v) is 5.37. The normalized spacial score (nSPS) is 11.8. The van der Waals surface area contributed by atoms with Crippen LogP contribution in [0.1, 0.15) is 12.5 Å². The van der Waals surface area contributed by atoms with Crippen molar-refractivity contribution in [2.24, 2.45) is 0 Å². The van der Waals surface area contributed by atoms with Crippen molar-refractivity contribution in [1.82, 2.24) is 9.55 Å². The number of nitriles is 1. The molecule has 8 heteroatoms. The summed E-state index contributed by atoms with van der Waals surface area (Å²) in [6.07, 6.45) is 0. The van der Waals surface area contributed by atoms with Crippen LogP contribution in [0.4, 0.5) is 5.69 Å². The highest BCUT2D eigenvalue weighted by atomic mass is 32.2. The van der Waals surface area contributed by atoms with Crippen LogP contribution in [0.2, 0.25) is 0 Å². The van der Waals surface area contributed by atoms with Crippen LogP contribution >= 0.6 is 11.8 Å². The minimum Gasteiger partial charge on any atom is -0.383 e. The molecule has 0 aliphatic rings. The first-order valence-corrected chi connectivity index (χ1v) is 9.87. The van der Waals surface area contributed by atoms with Crippen LogP contribution in [0.15, 0.2) is 58.5 Å². The first kappa shape index (κ1) is 20.6. The molecule has 0 aliphatic heterocycles. The summed E-state index contributed by atoms with van der Waals surface area (Å²) >= 11 is 1.22. The number of hydrogen-bond acceptors (Lipinski definition) is 6. The highest BCUT2D eigenvalue weighted by Gasteiger charge is 2.19. The number of carbonyl (C=O) groups excluding carboxylic acids is 1. The molecular weight excluding hydrogens is 388 g/mol. The molecule has 0 aliphatic carbocycles. The zero-order valence-corrected chi connectivity index (χ0v) is 16.9. The fraction of sp³-hybridized carbons (Fsp3) is 0.238. The zero-order chi connectivity index (χ0) is 20.8. The van der Waals surface area contributed by atoms with Gasteiger partial charge in [0.15, 0.2) is 5.16 Å². The number of para-hydroxylation sites is 1. The lowest BCUT2D eigenvalue weighted by atomic mass is 10.2. The van der Waals surface area contributed by atoms with Crippen LogP contribution < -0.4 is 10.9 Å². The van der Waals surface area contributed by atoms with E-state index >= 15 is 0 Å². The molecule has 0 saturated heterocycles. The Morgan fingerprint density at radius 1 is 1.28 bits per heavy atom. The lowest BCUT2D eigenvalue weighted by molar-refractivity contribution is -0.115. The lowest BCUT2D eigenvalue weighted by Crippen LogP contribution is -2.28. The molecule has 1 aromatic heterocycles. The van der Waals surface area contributed by atoms with Gasteiger partial charge in [0.1, 0.15) is 0 Å². The molecule has 3 rings (SSSR count). The average Bonchev–Trinajstić information content (AvgIpc) is 2.74. The number of methoxy groups -OCH3 is 1. The maximum absolute atomic E-state index is 12.9. The highest BCUT2D eigenvalue weighted by Crippen LogP contribution is 2.23. The summed E-state index contributed by atoms with van der Waals surface area (Å²) in [6.45, 7) is 2.46. The summed E-state index contributed by atoms with van der Waals surface area (Å²) in [5.74, 6) is -0.222. The molecule has 1 N–H and O–H groups in total. The number of fused-ring (bicyclic) bond motifs is 1. The molecule has 7 nitrogen and oxygen atoms in total. The summed E-state index contributed by atoms with van der Waals surface area (Å²) in [6, 6.07) is 15.8. The van der Waals surface area contributed by atoms with Gasteiger partial charge in [-0.05, 0) is 43.3 Å². The maximum Gasteiger partial charge on any atom is 0.262 e. The third kappa shape index (κ3) is 4.83. The quantitative estimate of drug-likeness (QED) is 0.477. The van der Waals surface area contributed by atoms with Crippen LogP contribution in [-0.2, 0) is 16.1 Å². The molecule has 3 aromatic rings. The first-order chi connectivity index (χ1) is 14.0. The van der Waals surface area contributed by atoms with Gasteiger partial charge in [-0.15, -0.1) is 0 Å². The molecule has 0 spiro atoms. The third-order valence-electron chi connectivity index (χ3n) is 4.28. The van der Waals surface area contributed by atoms with Crippen molar-refractivity contribution in [3.63, 3.8) is 0 Å². The number of anilines is 1. The predicted octanol–water partition coefficient (Wildman–Crippen LogP) is 3.03. The van der Waals surface area contributed by atoms with Crippen LogP contribution in [0.5, 0.6) is 0 Å². The molecule has 2 aromatic carbocycles. The van der Waals surface area contributed by atoms with Crippen LogP contribution in [-0.4, -0.2) is 34.4 Å². The largest absolute Gasteiger partial charge is 0.383 e. The van der Waals surface area contributed by atoms with Gasteiger partial charge in [-0.3, -0.25) is 14.2 Å². The smallest absolute Gasteiger partial charge is 0.262 e. The number of amides is 1. The van der Waals surface area contributed by atoms with E-state index in [1.54, 1.807) is 61.1 Å². The van der Waals surface area contributed by atoms with Crippen molar-refractivity contribution < 1.29 is 9.53 Å². The number of thioether (sulfide) groups is 1. The molecule has 0 saturated carbocycles. The molecule has 29 heavy (non-hydrogen) atoms. The van der Waals surface area contributed by atoms with E-state index in [2.05, 4.69) is 10.3 Å². The SMILES string of the molecule is COCCn1c(S[C@H](C)C(=O)Nc2ccc(C#N)cc2)nc2ccccc2c1=O. The number of aromatic nitrogens is 2. The van der Waals surface area contributed by atoms with E-state index in [-0.39, 0.29) is 11.5 Å². The van der Waals surface area contributed by atoms with Gasteiger partial charge in [-0.2, -0.15) is 5.26 Å². The molecule has 0 bridgehead atoms. The van der Waals surface area contributed by atoms with Crippen molar-refractivity contribution >= 4 is 34.3 Å². The Morgan fingerprint density at radius 3 is 2.69 bits per heavy atom. The summed E-state index contributed by atoms with van der Waals surface area (Å²) < 4.78 is 6.66. The minimum atomic E-state index is -0.493. The summed E-state index contributed by atoms with van der Waals surface area (Å²) in [5, 5.41) is 12.2. The van der Waals surface area contributed by atoms with Crippen LogP contribution in [0.3, 0.4) is 0 Å². The second-order valence-corrected chi connectivity index (χ2v) is 7.61. The van der Waals surface area contributed by atoms with E-state index in [4.69, 9.17) is 10.00 Å².